The molecule has 1 atom stereocenters. The summed E-state index contributed by atoms with van der Waals surface area (Å²) in [6, 6.07) is 13.3. The molecule has 1 aromatic heterocycles. The Hall–Kier alpha value is -2.40. The fourth-order valence-corrected chi connectivity index (χ4v) is 3.47. The van der Waals surface area contributed by atoms with Gasteiger partial charge in [0.1, 0.15) is 11.8 Å². The molecule has 1 unspecified atom stereocenters. The van der Waals surface area contributed by atoms with E-state index in [0.717, 1.165) is 37.3 Å². The van der Waals surface area contributed by atoms with E-state index in [2.05, 4.69) is 10.2 Å². The summed E-state index contributed by atoms with van der Waals surface area (Å²) in [6.45, 7) is 7.87. The number of hydrogen-bond donors (Lipinski definition) is 1. The number of amides is 1. The molecule has 0 saturated carbocycles. The van der Waals surface area contributed by atoms with Gasteiger partial charge >= 0.3 is 0 Å². The number of hydrogen-bond acceptors (Lipinski definition) is 4. The molecule has 1 fully saturated rings. The number of carbonyl (C=O) groups is 2. The number of ketones is 1. The van der Waals surface area contributed by atoms with Gasteiger partial charge in [0.25, 0.3) is 0 Å². The number of likely N-dealkylation sites (tertiary alicyclic amines) is 1. The zero-order chi connectivity index (χ0) is 20.1. The van der Waals surface area contributed by atoms with Crippen molar-refractivity contribution in [3.05, 3.63) is 60.1 Å². The van der Waals surface area contributed by atoms with E-state index in [-0.39, 0.29) is 29.1 Å². The molecule has 0 radical (unpaired) electrons. The number of nitrogens with zero attached hydrogens (tertiary/aromatic N) is 1. The highest BCUT2D eigenvalue weighted by Crippen LogP contribution is 2.25. The van der Waals surface area contributed by atoms with Crippen LogP contribution in [0.5, 0.6) is 0 Å². The standard InChI is InChI=1S/C23H30N2O3/c1-23(2,3)20(26)16-25-13-11-18(12-14-25)22(27)24-21(19-10-7-15-28-19)17-8-5-4-6-9-17/h4-10,15,18,21H,11-14,16H2,1-3H3,(H,24,27). The lowest BCUT2D eigenvalue weighted by molar-refractivity contribution is -0.129. The Morgan fingerprint density at radius 3 is 2.36 bits per heavy atom. The maximum absolute atomic E-state index is 12.9. The molecule has 0 bridgehead atoms. The van der Waals surface area contributed by atoms with E-state index in [9.17, 15) is 9.59 Å². The van der Waals surface area contributed by atoms with E-state index in [1.807, 2.05) is 63.2 Å². The first-order valence-corrected chi connectivity index (χ1v) is 9.99. The van der Waals surface area contributed by atoms with Gasteiger partial charge < -0.3 is 9.73 Å². The van der Waals surface area contributed by atoms with Crippen molar-refractivity contribution in [1.29, 1.82) is 0 Å². The van der Waals surface area contributed by atoms with E-state index in [1.54, 1.807) is 6.26 Å². The van der Waals surface area contributed by atoms with Gasteiger partial charge in [0, 0.05) is 11.3 Å². The molecule has 1 N–H and O–H groups in total. The van der Waals surface area contributed by atoms with Gasteiger partial charge in [-0.25, -0.2) is 0 Å². The summed E-state index contributed by atoms with van der Waals surface area (Å²) in [5.74, 6) is 0.985. The Labute approximate surface area is 167 Å². The predicted molar refractivity (Wildman–Crippen MR) is 109 cm³/mol. The molecule has 5 nitrogen and oxygen atoms in total. The SMILES string of the molecule is CC(C)(C)C(=O)CN1CCC(C(=O)NC(c2ccccc2)c2ccco2)CC1. The van der Waals surface area contributed by atoms with Crippen molar-refractivity contribution < 1.29 is 14.0 Å². The lowest BCUT2D eigenvalue weighted by atomic mass is 9.89. The quantitative estimate of drug-likeness (QED) is 0.825. The molecule has 1 aliphatic rings. The van der Waals surface area contributed by atoms with Crippen molar-refractivity contribution in [3.63, 3.8) is 0 Å². The second-order valence-electron chi connectivity index (χ2n) is 8.59. The summed E-state index contributed by atoms with van der Waals surface area (Å²) in [7, 11) is 0. The second-order valence-corrected chi connectivity index (χ2v) is 8.59. The fourth-order valence-electron chi connectivity index (χ4n) is 3.47. The average molecular weight is 383 g/mol. The first-order valence-electron chi connectivity index (χ1n) is 9.99. The maximum Gasteiger partial charge on any atom is 0.224 e. The minimum Gasteiger partial charge on any atom is -0.467 e. The number of piperidine rings is 1. The third kappa shape index (κ3) is 5.10. The second kappa shape index (κ2) is 8.74. The van der Waals surface area contributed by atoms with Gasteiger partial charge in [0.15, 0.2) is 5.78 Å². The van der Waals surface area contributed by atoms with Gasteiger partial charge in [-0.15, -0.1) is 0 Å². The van der Waals surface area contributed by atoms with Crippen LogP contribution in [0.4, 0.5) is 0 Å². The molecule has 28 heavy (non-hydrogen) atoms. The highest BCUT2D eigenvalue weighted by Gasteiger charge is 2.30. The van der Waals surface area contributed by atoms with Crippen molar-refractivity contribution >= 4 is 11.7 Å². The molecule has 0 aliphatic carbocycles. The number of Topliss-reactive ketones (excluding diaryl/α,β-unsaturated/α-hetero) is 1. The van der Waals surface area contributed by atoms with E-state index in [1.165, 1.54) is 0 Å². The summed E-state index contributed by atoms with van der Waals surface area (Å²) in [5, 5.41) is 3.17. The first-order chi connectivity index (χ1) is 13.3. The number of benzene rings is 1. The maximum atomic E-state index is 12.9. The Bertz CT molecular complexity index is 770. The van der Waals surface area contributed by atoms with Crippen molar-refractivity contribution in [2.24, 2.45) is 11.3 Å². The molecule has 150 valence electrons. The molecule has 1 aliphatic heterocycles. The number of carbonyl (C=O) groups excluding carboxylic acids is 2. The number of furan rings is 1. The van der Waals surface area contributed by atoms with Crippen LogP contribution in [-0.2, 0) is 9.59 Å². The van der Waals surface area contributed by atoms with Crippen LogP contribution in [0, 0.1) is 11.3 Å². The van der Waals surface area contributed by atoms with Crippen LogP contribution < -0.4 is 5.32 Å². The van der Waals surface area contributed by atoms with Crippen LogP contribution in [0.15, 0.2) is 53.1 Å². The smallest absolute Gasteiger partial charge is 0.224 e. The van der Waals surface area contributed by atoms with Crippen LogP contribution in [0.25, 0.3) is 0 Å². The zero-order valence-corrected chi connectivity index (χ0v) is 17.0. The van der Waals surface area contributed by atoms with Crippen molar-refractivity contribution in [2.75, 3.05) is 19.6 Å². The van der Waals surface area contributed by atoms with E-state index in [4.69, 9.17) is 4.42 Å². The van der Waals surface area contributed by atoms with Crippen molar-refractivity contribution in [2.45, 2.75) is 39.7 Å². The van der Waals surface area contributed by atoms with Gasteiger partial charge in [-0.1, -0.05) is 51.1 Å². The van der Waals surface area contributed by atoms with Crippen molar-refractivity contribution in [3.8, 4) is 0 Å². The Morgan fingerprint density at radius 2 is 1.79 bits per heavy atom. The van der Waals surface area contributed by atoms with Gasteiger partial charge in [-0.2, -0.15) is 0 Å². The third-order valence-electron chi connectivity index (χ3n) is 5.41. The molecule has 0 spiro atoms. The van der Waals surface area contributed by atoms with E-state index < -0.39 is 0 Å². The molecule has 2 aromatic rings. The molecule has 5 heteroatoms. The van der Waals surface area contributed by atoms with Crippen LogP contribution in [0.2, 0.25) is 0 Å². The molecular formula is C23H30N2O3. The highest BCUT2D eigenvalue weighted by molar-refractivity contribution is 5.85. The Kier molecular flexibility index (Phi) is 6.35. The summed E-state index contributed by atoms with van der Waals surface area (Å²) in [5.41, 5.74) is 0.680. The average Bonchev–Trinajstić information content (AvgIpc) is 3.21. The minimum absolute atomic E-state index is 0.0397. The predicted octanol–water partition coefficient (Wildman–Crippen LogP) is 3.81. The van der Waals surface area contributed by atoms with Crippen LogP contribution in [0.1, 0.15) is 51.0 Å². The Morgan fingerprint density at radius 1 is 1.11 bits per heavy atom. The summed E-state index contributed by atoms with van der Waals surface area (Å²) in [4.78, 5) is 27.3. The number of rotatable bonds is 6. The third-order valence-corrected chi connectivity index (χ3v) is 5.41. The molecule has 3 rings (SSSR count). The summed E-state index contributed by atoms with van der Waals surface area (Å²) in [6.07, 6.45) is 3.16. The van der Waals surface area contributed by atoms with E-state index in [0.29, 0.717) is 6.54 Å². The summed E-state index contributed by atoms with van der Waals surface area (Å²) < 4.78 is 5.57. The Balaban J connectivity index is 1.59. The van der Waals surface area contributed by atoms with Gasteiger partial charge in [-0.05, 0) is 43.6 Å². The van der Waals surface area contributed by atoms with Crippen LogP contribution in [0.3, 0.4) is 0 Å². The molecular weight excluding hydrogens is 352 g/mol. The van der Waals surface area contributed by atoms with E-state index >= 15 is 0 Å². The normalized spacial score (nSPS) is 17.2. The largest absolute Gasteiger partial charge is 0.467 e. The molecule has 2 heterocycles. The topological polar surface area (TPSA) is 62.6 Å². The monoisotopic (exact) mass is 382 g/mol. The van der Waals surface area contributed by atoms with Crippen molar-refractivity contribution in [1.82, 2.24) is 10.2 Å². The highest BCUT2D eigenvalue weighted by atomic mass is 16.3. The van der Waals surface area contributed by atoms with Crippen LogP contribution >= 0.6 is 0 Å². The number of nitrogens with one attached hydrogen (secondary N) is 1. The zero-order valence-electron chi connectivity index (χ0n) is 17.0. The molecule has 1 saturated heterocycles. The lowest BCUT2D eigenvalue weighted by Gasteiger charge is -2.33. The first kappa shape index (κ1) is 20.3. The molecule has 1 amide bonds. The molecule has 1 aromatic carbocycles. The van der Waals surface area contributed by atoms with Gasteiger partial charge in [0.05, 0.1) is 12.8 Å². The van der Waals surface area contributed by atoms with Crippen LogP contribution in [-0.4, -0.2) is 36.2 Å². The minimum atomic E-state index is -0.319. The van der Waals surface area contributed by atoms with Gasteiger partial charge in [0.2, 0.25) is 5.91 Å². The fraction of sp³-hybridized carbons (Fsp3) is 0.478. The lowest BCUT2D eigenvalue weighted by Crippen LogP contribution is -2.44. The van der Waals surface area contributed by atoms with Gasteiger partial charge in [-0.3, -0.25) is 14.5 Å². The summed E-state index contributed by atoms with van der Waals surface area (Å²) >= 11 is 0.